The van der Waals surface area contributed by atoms with Crippen LogP contribution < -0.4 is 11.5 Å². The zero-order valence-corrected chi connectivity index (χ0v) is 14.8. The van der Waals surface area contributed by atoms with Crippen molar-refractivity contribution in [3.05, 3.63) is 64.7 Å². The number of aromatic carboxylic acids is 1. The van der Waals surface area contributed by atoms with E-state index in [0.29, 0.717) is 12.1 Å². The number of nitrogens with one attached hydrogen (secondary N) is 1. The molecule has 2 rings (SSSR count). The minimum Gasteiger partial charge on any atom is -0.478 e. The van der Waals surface area contributed by atoms with Gasteiger partial charge in [-0.05, 0) is 42.7 Å². The van der Waals surface area contributed by atoms with E-state index in [0.717, 1.165) is 11.1 Å². The maximum absolute atomic E-state index is 10.4. The Labute approximate surface area is 143 Å². The van der Waals surface area contributed by atoms with Crippen molar-refractivity contribution in [1.82, 2.24) is 0 Å². The molecule has 130 valence electrons. The average Bonchev–Trinajstić information content (AvgIpc) is 2.54. The van der Waals surface area contributed by atoms with E-state index < -0.39 is 5.97 Å². The van der Waals surface area contributed by atoms with Gasteiger partial charge < -0.3 is 16.6 Å². The highest BCUT2D eigenvalue weighted by Crippen LogP contribution is 2.12. The first-order valence-electron chi connectivity index (χ1n) is 7.78. The Balaban J connectivity index is 0.000000400. The van der Waals surface area contributed by atoms with Crippen molar-refractivity contribution in [3.63, 3.8) is 0 Å². The molecular weight excluding hydrogens is 302 g/mol. The van der Waals surface area contributed by atoms with Gasteiger partial charge in [-0.1, -0.05) is 44.2 Å². The molecule has 0 spiro atoms. The molecule has 24 heavy (non-hydrogen) atoms. The highest BCUT2D eigenvalue weighted by atomic mass is 16.4. The monoisotopic (exact) mass is 329 g/mol. The summed E-state index contributed by atoms with van der Waals surface area (Å²) in [6, 6.07) is 12.7. The van der Waals surface area contributed by atoms with Gasteiger partial charge >= 0.3 is 5.97 Å². The fourth-order valence-electron chi connectivity index (χ4n) is 1.79. The number of amidine groups is 1. The summed E-state index contributed by atoms with van der Waals surface area (Å²) >= 11 is 0. The number of hydrogen-bond acceptors (Lipinski definition) is 3. The lowest BCUT2D eigenvalue weighted by Crippen LogP contribution is -2.13. The molecule has 5 nitrogen and oxygen atoms in total. The van der Waals surface area contributed by atoms with Crippen molar-refractivity contribution in [2.45, 2.75) is 34.1 Å². The number of carboxylic acid groups (broad SMARTS) is 1. The summed E-state index contributed by atoms with van der Waals surface area (Å²) in [6.45, 7) is 7.86. The Bertz CT molecular complexity index is 682. The molecule has 2 aromatic carbocycles. The van der Waals surface area contributed by atoms with Crippen LogP contribution in [0.3, 0.4) is 0 Å². The van der Waals surface area contributed by atoms with Crippen molar-refractivity contribution in [2.24, 2.45) is 5.73 Å². The maximum atomic E-state index is 10.4. The first-order valence-corrected chi connectivity index (χ1v) is 7.78. The van der Waals surface area contributed by atoms with Gasteiger partial charge in [0, 0.05) is 12.1 Å². The van der Waals surface area contributed by atoms with Crippen molar-refractivity contribution < 1.29 is 9.90 Å². The third-order valence-electron chi connectivity index (χ3n) is 3.17. The summed E-state index contributed by atoms with van der Waals surface area (Å²) in [5, 5.41) is 15.7. The van der Waals surface area contributed by atoms with Crippen LogP contribution in [0.1, 0.15) is 40.9 Å². The predicted molar refractivity (Wildman–Crippen MR) is 101 cm³/mol. The quantitative estimate of drug-likeness (QED) is 0.390. The van der Waals surface area contributed by atoms with Gasteiger partial charge in [0.25, 0.3) is 0 Å². The Hall–Kier alpha value is -2.82. The van der Waals surface area contributed by atoms with Gasteiger partial charge in [-0.2, -0.15) is 0 Å². The van der Waals surface area contributed by atoms with Crippen LogP contribution in [0.15, 0.2) is 42.5 Å². The lowest BCUT2D eigenvalue weighted by atomic mass is 10.1. The summed E-state index contributed by atoms with van der Waals surface area (Å²) < 4.78 is 0. The molecule has 0 atom stereocenters. The van der Waals surface area contributed by atoms with E-state index in [1.807, 2.05) is 52.0 Å². The Kier molecular flexibility index (Phi) is 9.56. The van der Waals surface area contributed by atoms with E-state index in [-0.39, 0.29) is 11.4 Å². The van der Waals surface area contributed by atoms with Crippen LogP contribution in [-0.4, -0.2) is 16.9 Å². The molecule has 0 amide bonds. The van der Waals surface area contributed by atoms with Gasteiger partial charge in [-0.3, -0.25) is 5.41 Å². The number of rotatable bonds is 3. The van der Waals surface area contributed by atoms with Crippen LogP contribution in [0.2, 0.25) is 0 Å². The van der Waals surface area contributed by atoms with E-state index in [2.05, 4.69) is 0 Å². The molecule has 0 aliphatic heterocycles. The summed E-state index contributed by atoms with van der Waals surface area (Å²) in [6.07, 6.45) is 0.562. The van der Waals surface area contributed by atoms with Gasteiger partial charge in [-0.25, -0.2) is 4.79 Å². The zero-order chi connectivity index (χ0) is 18.7. The molecule has 0 fully saturated rings. The molecule has 2 aromatic rings. The van der Waals surface area contributed by atoms with Gasteiger partial charge in [-0.15, -0.1) is 0 Å². The van der Waals surface area contributed by atoms with Crippen molar-refractivity contribution in [2.75, 3.05) is 5.73 Å². The summed E-state index contributed by atoms with van der Waals surface area (Å²) in [5.41, 5.74) is 14.8. The fraction of sp³-hybridized carbons (Fsp3) is 0.263. The summed E-state index contributed by atoms with van der Waals surface area (Å²) in [5.74, 6) is -0.726. The Morgan fingerprint density at radius 2 is 1.67 bits per heavy atom. The molecule has 0 aliphatic carbocycles. The maximum Gasteiger partial charge on any atom is 0.335 e. The first-order chi connectivity index (χ1) is 11.3. The number of benzene rings is 2. The highest BCUT2D eigenvalue weighted by Gasteiger charge is 2.02. The third-order valence-corrected chi connectivity index (χ3v) is 3.17. The van der Waals surface area contributed by atoms with Crippen molar-refractivity contribution in [3.8, 4) is 0 Å². The fourth-order valence-corrected chi connectivity index (χ4v) is 1.79. The highest BCUT2D eigenvalue weighted by molar-refractivity contribution is 5.88. The number of hydrogen-bond donors (Lipinski definition) is 4. The minimum absolute atomic E-state index is 0.222. The van der Waals surface area contributed by atoms with E-state index in [9.17, 15) is 4.79 Å². The molecule has 0 saturated heterocycles. The Morgan fingerprint density at radius 1 is 1.08 bits per heavy atom. The summed E-state index contributed by atoms with van der Waals surface area (Å²) in [4.78, 5) is 10.4. The molecule has 0 saturated carbocycles. The lowest BCUT2D eigenvalue weighted by molar-refractivity contribution is 0.0697. The standard InChI is InChI=1S/C9H12N2.C8H9NO2.C2H6/c1-7-4-2-3-5-8(7)6-9(10)11;1-5-2-3-6(8(10)11)4-7(5)9;1-2/h2-5H,6H2,1H3,(H3,10,11);2-4H,9H2,1H3,(H,10,11);1-2H3. The second kappa shape index (κ2) is 10.8. The van der Waals surface area contributed by atoms with E-state index in [4.69, 9.17) is 22.0 Å². The van der Waals surface area contributed by atoms with Crippen LogP contribution in [-0.2, 0) is 6.42 Å². The van der Waals surface area contributed by atoms with Crippen LogP contribution in [0.4, 0.5) is 5.69 Å². The molecular formula is C19H27N3O2. The third kappa shape index (κ3) is 7.45. The molecule has 6 N–H and O–H groups in total. The van der Waals surface area contributed by atoms with Crippen LogP contribution in [0, 0.1) is 19.3 Å². The largest absolute Gasteiger partial charge is 0.478 e. The minimum atomic E-state index is -0.947. The molecule has 0 aliphatic rings. The number of carboxylic acids is 1. The number of anilines is 1. The van der Waals surface area contributed by atoms with Crippen LogP contribution in [0.25, 0.3) is 0 Å². The molecule has 0 radical (unpaired) electrons. The number of nitrogens with two attached hydrogens (primary N) is 2. The van der Waals surface area contributed by atoms with Gasteiger partial charge in [0.2, 0.25) is 0 Å². The second-order valence-electron chi connectivity index (χ2n) is 5.01. The zero-order valence-electron chi connectivity index (χ0n) is 14.8. The lowest BCUT2D eigenvalue weighted by Gasteiger charge is -2.02. The summed E-state index contributed by atoms with van der Waals surface area (Å²) in [7, 11) is 0. The molecule has 0 aromatic heterocycles. The van der Waals surface area contributed by atoms with Gasteiger partial charge in [0.1, 0.15) is 0 Å². The van der Waals surface area contributed by atoms with Gasteiger partial charge in [0.15, 0.2) is 0 Å². The van der Waals surface area contributed by atoms with E-state index in [1.165, 1.54) is 17.7 Å². The van der Waals surface area contributed by atoms with Crippen LogP contribution in [0.5, 0.6) is 0 Å². The molecule has 0 bridgehead atoms. The topological polar surface area (TPSA) is 113 Å². The van der Waals surface area contributed by atoms with Crippen molar-refractivity contribution >= 4 is 17.5 Å². The van der Waals surface area contributed by atoms with E-state index in [1.54, 1.807) is 6.07 Å². The van der Waals surface area contributed by atoms with Gasteiger partial charge in [0.05, 0.1) is 11.4 Å². The first kappa shape index (κ1) is 21.2. The smallest absolute Gasteiger partial charge is 0.335 e. The number of carbonyl (C=O) groups is 1. The normalized spacial score (nSPS) is 9.00. The SMILES string of the molecule is CC.Cc1ccc(C(=O)O)cc1N.Cc1ccccc1CC(=N)N. The van der Waals surface area contributed by atoms with Crippen molar-refractivity contribution in [1.29, 1.82) is 5.41 Å². The van der Waals surface area contributed by atoms with E-state index >= 15 is 0 Å². The number of aryl methyl sites for hydroxylation is 2. The Morgan fingerprint density at radius 3 is 2.12 bits per heavy atom. The average molecular weight is 329 g/mol. The molecule has 0 heterocycles. The molecule has 5 heteroatoms. The predicted octanol–water partition coefficient (Wildman–Crippen LogP) is 3.78. The van der Waals surface area contributed by atoms with Crippen LogP contribution >= 0.6 is 0 Å². The second-order valence-corrected chi connectivity index (χ2v) is 5.01. The molecule has 0 unspecified atom stereocenters. The number of nitrogen functional groups attached to an aromatic ring is 1.